The number of aliphatic imine (C=N–C) groups is 1. The number of nitrogens with zero attached hydrogens (tertiary/aromatic N) is 2. The zero-order valence-corrected chi connectivity index (χ0v) is 14.4. The molecule has 1 saturated heterocycles. The van der Waals surface area contributed by atoms with Crippen LogP contribution in [-0.4, -0.2) is 42.6 Å². The van der Waals surface area contributed by atoms with Crippen LogP contribution in [0.5, 0.6) is 5.75 Å². The maximum absolute atomic E-state index is 12.4. The smallest absolute Gasteiger partial charge is 0.338 e. The van der Waals surface area contributed by atoms with E-state index in [0.717, 1.165) is 40.9 Å². The van der Waals surface area contributed by atoms with E-state index in [9.17, 15) is 4.79 Å². The van der Waals surface area contributed by atoms with Gasteiger partial charge in [-0.2, -0.15) is 0 Å². The molecule has 2 heterocycles. The lowest BCUT2D eigenvalue weighted by Gasteiger charge is -2.40. The molecule has 1 aromatic carbocycles. The molecule has 0 aliphatic carbocycles. The van der Waals surface area contributed by atoms with E-state index in [4.69, 9.17) is 9.47 Å². The molecule has 5 nitrogen and oxygen atoms in total. The van der Waals surface area contributed by atoms with Crippen LogP contribution >= 0.6 is 11.8 Å². The maximum atomic E-state index is 12.4. The number of thioether (sulfide) groups is 1. The highest BCUT2D eigenvalue weighted by atomic mass is 32.2. The molecule has 0 amide bonds. The molecule has 23 heavy (non-hydrogen) atoms. The minimum absolute atomic E-state index is 0.159. The van der Waals surface area contributed by atoms with Crippen molar-refractivity contribution >= 4 is 22.9 Å². The number of hydrogen-bond donors (Lipinski definition) is 0. The van der Waals surface area contributed by atoms with Crippen LogP contribution in [0.4, 0.5) is 0 Å². The highest BCUT2D eigenvalue weighted by Crippen LogP contribution is 2.40. The Bertz CT molecular complexity index is 667. The van der Waals surface area contributed by atoms with Crippen LogP contribution < -0.4 is 4.74 Å². The molecule has 0 saturated carbocycles. The molecule has 1 atom stereocenters. The average Bonchev–Trinajstić information content (AvgIpc) is 2.60. The quantitative estimate of drug-likeness (QED) is 0.797. The van der Waals surface area contributed by atoms with Crippen LogP contribution in [0.3, 0.4) is 0 Å². The minimum Gasteiger partial charge on any atom is -0.497 e. The first-order chi connectivity index (χ1) is 11.2. The molecular weight excluding hydrogens is 312 g/mol. The van der Waals surface area contributed by atoms with Gasteiger partial charge < -0.3 is 14.4 Å². The van der Waals surface area contributed by atoms with Crippen LogP contribution in [0.25, 0.3) is 0 Å². The van der Waals surface area contributed by atoms with Crippen molar-refractivity contribution < 1.29 is 14.3 Å². The van der Waals surface area contributed by atoms with Crippen molar-refractivity contribution in [2.24, 2.45) is 4.99 Å². The van der Waals surface area contributed by atoms with Crippen molar-refractivity contribution in [2.75, 3.05) is 26.5 Å². The third kappa shape index (κ3) is 2.95. The van der Waals surface area contributed by atoms with Crippen LogP contribution in [0.2, 0.25) is 0 Å². The predicted molar refractivity (Wildman–Crippen MR) is 91.7 cm³/mol. The Morgan fingerprint density at radius 1 is 1.30 bits per heavy atom. The van der Waals surface area contributed by atoms with E-state index in [1.165, 1.54) is 7.11 Å². The van der Waals surface area contributed by atoms with E-state index >= 15 is 0 Å². The monoisotopic (exact) mass is 332 g/mol. The highest BCUT2D eigenvalue weighted by Gasteiger charge is 2.37. The van der Waals surface area contributed by atoms with Crippen LogP contribution in [0.1, 0.15) is 24.9 Å². The van der Waals surface area contributed by atoms with Gasteiger partial charge in [-0.15, -0.1) is 0 Å². The fourth-order valence-electron chi connectivity index (χ4n) is 2.97. The number of ether oxygens (including phenoxy) is 2. The molecule has 0 unspecified atom stereocenters. The van der Waals surface area contributed by atoms with E-state index in [-0.39, 0.29) is 12.0 Å². The van der Waals surface area contributed by atoms with Crippen molar-refractivity contribution in [3.05, 3.63) is 41.1 Å². The van der Waals surface area contributed by atoms with Crippen molar-refractivity contribution in [1.29, 1.82) is 0 Å². The maximum Gasteiger partial charge on any atom is 0.338 e. The minimum atomic E-state index is -0.318. The summed E-state index contributed by atoms with van der Waals surface area (Å²) in [6.45, 7) is 2.76. The van der Waals surface area contributed by atoms with Crippen LogP contribution in [-0.2, 0) is 9.53 Å². The molecule has 2 aliphatic heterocycles. The van der Waals surface area contributed by atoms with Gasteiger partial charge in [0.1, 0.15) is 5.75 Å². The van der Waals surface area contributed by atoms with E-state index in [2.05, 4.69) is 9.89 Å². The van der Waals surface area contributed by atoms with E-state index in [1.807, 2.05) is 31.2 Å². The second-order valence-electron chi connectivity index (χ2n) is 5.46. The topological polar surface area (TPSA) is 51.1 Å². The number of carbonyl (C=O) groups is 1. The zero-order chi connectivity index (χ0) is 16.4. The highest BCUT2D eigenvalue weighted by molar-refractivity contribution is 8.13. The van der Waals surface area contributed by atoms with Gasteiger partial charge in [-0.1, -0.05) is 23.9 Å². The normalized spacial score (nSPS) is 20.7. The number of fused-ring (bicyclic) bond motifs is 1. The molecule has 6 heteroatoms. The molecule has 0 spiro atoms. The van der Waals surface area contributed by atoms with Gasteiger partial charge in [0, 0.05) is 12.3 Å². The number of esters is 1. The summed E-state index contributed by atoms with van der Waals surface area (Å²) in [5.74, 6) is 1.54. The van der Waals surface area contributed by atoms with E-state index in [1.54, 1.807) is 18.9 Å². The summed E-state index contributed by atoms with van der Waals surface area (Å²) in [6, 6.07) is 7.68. The Labute approximate surface area is 140 Å². The SMILES string of the molecule is COC(=O)C1=C(C)N=C2SCCCN2[C@@H]1c1ccc(OC)cc1. The summed E-state index contributed by atoms with van der Waals surface area (Å²) < 4.78 is 10.2. The van der Waals surface area contributed by atoms with Gasteiger partial charge in [0.15, 0.2) is 5.17 Å². The van der Waals surface area contributed by atoms with Gasteiger partial charge in [-0.3, -0.25) is 0 Å². The van der Waals surface area contributed by atoms with Crippen molar-refractivity contribution in [3.63, 3.8) is 0 Å². The summed E-state index contributed by atoms with van der Waals surface area (Å²) in [4.78, 5) is 19.2. The largest absolute Gasteiger partial charge is 0.497 e. The third-order valence-corrected chi connectivity index (χ3v) is 5.17. The first-order valence-electron chi connectivity index (χ1n) is 7.57. The summed E-state index contributed by atoms with van der Waals surface area (Å²) in [6.07, 6.45) is 1.07. The predicted octanol–water partition coefficient (Wildman–Crippen LogP) is 2.99. The van der Waals surface area contributed by atoms with Crippen LogP contribution in [0, 0.1) is 0 Å². The number of hydrogen-bond acceptors (Lipinski definition) is 6. The van der Waals surface area contributed by atoms with Crippen molar-refractivity contribution in [3.8, 4) is 5.75 Å². The lowest BCUT2D eigenvalue weighted by atomic mass is 9.94. The third-order valence-electron chi connectivity index (χ3n) is 4.10. The van der Waals surface area contributed by atoms with Gasteiger partial charge >= 0.3 is 5.97 Å². The molecule has 0 N–H and O–H groups in total. The van der Waals surface area contributed by atoms with Gasteiger partial charge in [-0.25, -0.2) is 9.79 Å². The molecule has 2 aliphatic rings. The van der Waals surface area contributed by atoms with E-state index < -0.39 is 0 Å². The lowest BCUT2D eigenvalue weighted by molar-refractivity contribution is -0.136. The fraction of sp³-hybridized carbons (Fsp3) is 0.412. The number of benzene rings is 1. The molecule has 0 bridgehead atoms. The second-order valence-corrected chi connectivity index (χ2v) is 6.52. The van der Waals surface area contributed by atoms with Gasteiger partial charge in [-0.05, 0) is 31.0 Å². The summed E-state index contributed by atoms with van der Waals surface area (Å²) >= 11 is 1.74. The molecule has 1 fully saturated rings. The van der Waals surface area contributed by atoms with Crippen molar-refractivity contribution in [1.82, 2.24) is 4.90 Å². The summed E-state index contributed by atoms with van der Waals surface area (Å²) in [7, 11) is 3.06. The molecule has 1 aromatic rings. The number of allylic oxidation sites excluding steroid dienone is 1. The molecule has 0 aromatic heterocycles. The molecular formula is C17H20N2O3S. The van der Waals surface area contributed by atoms with Crippen molar-refractivity contribution in [2.45, 2.75) is 19.4 Å². The van der Waals surface area contributed by atoms with Crippen LogP contribution in [0.15, 0.2) is 40.5 Å². The Kier molecular flexibility index (Phi) is 4.61. The zero-order valence-electron chi connectivity index (χ0n) is 13.5. The molecule has 3 rings (SSSR count). The molecule has 0 radical (unpaired) electrons. The number of carbonyl (C=O) groups excluding carboxylic acids is 1. The Hall–Kier alpha value is -1.95. The van der Waals surface area contributed by atoms with Gasteiger partial charge in [0.25, 0.3) is 0 Å². The van der Waals surface area contributed by atoms with Gasteiger partial charge in [0.2, 0.25) is 0 Å². The Morgan fingerprint density at radius 2 is 2.04 bits per heavy atom. The summed E-state index contributed by atoms with van der Waals surface area (Å²) in [5, 5.41) is 0.988. The number of methoxy groups -OCH3 is 2. The second kappa shape index (κ2) is 6.66. The molecule has 122 valence electrons. The number of amidine groups is 1. The fourth-order valence-corrected chi connectivity index (χ4v) is 3.99. The van der Waals surface area contributed by atoms with E-state index in [0.29, 0.717) is 5.57 Å². The standard InChI is InChI=1S/C17H20N2O3S/c1-11-14(16(20)22-3)15(12-5-7-13(21-2)8-6-12)19-9-4-10-23-17(19)18-11/h5-8,15H,4,9-10H2,1-3H3/t15-/m1/s1. The first kappa shape index (κ1) is 15.9. The summed E-state index contributed by atoms with van der Waals surface area (Å²) in [5.41, 5.74) is 2.39. The Morgan fingerprint density at radius 3 is 2.70 bits per heavy atom. The van der Waals surface area contributed by atoms with Gasteiger partial charge in [0.05, 0.1) is 31.5 Å². The number of rotatable bonds is 3. The lowest BCUT2D eigenvalue weighted by Crippen LogP contribution is -2.42. The average molecular weight is 332 g/mol. The Balaban J connectivity index is 2.08. The first-order valence-corrected chi connectivity index (χ1v) is 8.55.